The molecule has 0 aliphatic carbocycles. The monoisotopic (exact) mass is 360 g/mol. The van der Waals surface area contributed by atoms with Gasteiger partial charge in [-0.3, -0.25) is 19.8 Å². The molecule has 138 valence electrons. The van der Waals surface area contributed by atoms with Crippen LogP contribution in [0.5, 0.6) is 0 Å². The molecule has 3 N–H and O–H groups in total. The highest BCUT2D eigenvalue weighted by atomic mass is 19.4. The van der Waals surface area contributed by atoms with E-state index in [0.29, 0.717) is 6.54 Å². The third kappa shape index (κ3) is 7.21. The number of amides is 4. The zero-order valence-corrected chi connectivity index (χ0v) is 13.7. The van der Waals surface area contributed by atoms with E-state index in [1.807, 2.05) is 0 Å². The number of hydrogen-bond acceptors (Lipinski definition) is 4. The SMILES string of the molecule is CCNC(=O)NC(=O)CN(C)CC(=O)Nc1ccccc1C(F)(F)F. The zero-order chi connectivity index (χ0) is 19.0. The molecule has 0 unspecified atom stereocenters. The van der Waals surface area contributed by atoms with E-state index in [1.54, 1.807) is 6.92 Å². The van der Waals surface area contributed by atoms with Gasteiger partial charge in [-0.2, -0.15) is 13.2 Å². The lowest BCUT2D eigenvalue weighted by Gasteiger charge is -2.17. The molecule has 0 fully saturated rings. The first-order valence-electron chi connectivity index (χ1n) is 7.35. The van der Waals surface area contributed by atoms with Gasteiger partial charge in [-0.05, 0) is 26.1 Å². The van der Waals surface area contributed by atoms with Crippen molar-refractivity contribution in [3.05, 3.63) is 29.8 Å². The second-order valence-corrected chi connectivity index (χ2v) is 5.17. The first-order valence-corrected chi connectivity index (χ1v) is 7.35. The average molecular weight is 360 g/mol. The Morgan fingerprint density at radius 2 is 1.68 bits per heavy atom. The molecule has 0 aliphatic heterocycles. The average Bonchev–Trinajstić information content (AvgIpc) is 2.45. The molecule has 7 nitrogen and oxygen atoms in total. The summed E-state index contributed by atoms with van der Waals surface area (Å²) in [5.74, 6) is -1.36. The molecule has 1 aromatic carbocycles. The van der Waals surface area contributed by atoms with Crippen LogP contribution in [0.1, 0.15) is 12.5 Å². The number of imide groups is 1. The van der Waals surface area contributed by atoms with E-state index in [-0.39, 0.29) is 18.8 Å². The number of hydrogen-bond donors (Lipinski definition) is 3. The maximum Gasteiger partial charge on any atom is 0.418 e. The Kier molecular flexibility index (Phi) is 7.37. The second kappa shape index (κ2) is 9.02. The summed E-state index contributed by atoms with van der Waals surface area (Å²) in [6.45, 7) is 1.43. The van der Waals surface area contributed by atoms with Crippen molar-refractivity contribution in [3.8, 4) is 0 Å². The largest absolute Gasteiger partial charge is 0.418 e. The van der Waals surface area contributed by atoms with E-state index in [2.05, 4.69) is 16.0 Å². The predicted molar refractivity (Wildman–Crippen MR) is 84.8 cm³/mol. The van der Waals surface area contributed by atoms with Gasteiger partial charge in [-0.1, -0.05) is 12.1 Å². The lowest BCUT2D eigenvalue weighted by molar-refractivity contribution is -0.137. The molecule has 0 bridgehead atoms. The number of urea groups is 1. The van der Waals surface area contributed by atoms with Crippen LogP contribution >= 0.6 is 0 Å². The van der Waals surface area contributed by atoms with Crippen molar-refractivity contribution in [1.82, 2.24) is 15.5 Å². The summed E-state index contributed by atoms with van der Waals surface area (Å²) < 4.78 is 38.6. The number of alkyl halides is 3. The number of likely N-dealkylation sites (N-methyl/N-ethyl adjacent to an activating group) is 1. The van der Waals surface area contributed by atoms with Crippen LogP contribution in [0.3, 0.4) is 0 Å². The number of anilines is 1. The van der Waals surface area contributed by atoms with Crippen molar-refractivity contribution in [2.75, 3.05) is 32.0 Å². The van der Waals surface area contributed by atoms with Gasteiger partial charge in [-0.25, -0.2) is 4.79 Å². The molecule has 0 heterocycles. The molecule has 0 atom stereocenters. The number of benzene rings is 1. The number of halogens is 3. The maximum absolute atomic E-state index is 12.9. The van der Waals surface area contributed by atoms with E-state index in [9.17, 15) is 27.6 Å². The van der Waals surface area contributed by atoms with Crippen LogP contribution in [0.15, 0.2) is 24.3 Å². The summed E-state index contributed by atoms with van der Waals surface area (Å²) in [6.07, 6.45) is -4.59. The number of carbonyl (C=O) groups excluding carboxylic acids is 3. The van der Waals surface area contributed by atoms with Crippen LogP contribution < -0.4 is 16.0 Å². The molecule has 0 spiro atoms. The predicted octanol–water partition coefficient (Wildman–Crippen LogP) is 1.42. The lowest BCUT2D eigenvalue weighted by Crippen LogP contribution is -2.44. The van der Waals surface area contributed by atoms with Gasteiger partial charge in [0.05, 0.1) is 24.3 Å². The van der Waals surface area contributed by atoms with Gasteiger partial charge in [0, 0.05) is 6.54 Å². The van der Waals surface area contributed by atoms with Crippen molar-refractivity contribution in [3.63, 3.8) is 0 Å². The molecule has 25 heavy (non-hydrogen) atoms. The van der Waals surface area contributed by atoms with Gasteiger partial charge in [0.15, 0.2) is 0 Å². The van der Waals surface area contributed by atoms with Gasteiger partial charge < -0.3 is 10.6 Å². The summed E-state index contributed by atoms with van der Waals surface area (Å²) in [7, 11) is 1.42. The van der Waals surface area contributed by atoms with Gasteiger partial charge in [0.1, 0.15) is 0 Å². The normalized spacial score (nSPS) is 11.1. The van der Waals surface area contributed by atoms with Gasteiger partial charge >= 0.3 is 12.2 Å². The maximum atomic E-state index is 12.9. The van der Waals surface area contributed by atoms with Crippen LogP contribution in [-0.2, 0) is 15.8 Å². The Balaban J connectivity index is 2.57. The van der Waals surface area contributed by atoms with Gasteiger partial charge in [0.2, 0.25) is 11.8 Å². The highest BCUT2D eigenvalue weighted by Gasteiger charge is 2.33. The van der Waals surface area contributed by atoms with Crippen LogP contribution in [0.2, 0.25) is 0 Å². The highest BCUT2D eigenvalue weighted by Crippen LogP contribution is 2.34. The van der Waals surface area contributed by atoms with E-state index in [1.165, 1.54) is 24.1 Å². The first-order chi connectivity index (χ1) is 11.6. The van der Waals surface area contributed by atoms with Gasteiger partial charge in [0.25, 0.3) is 0 Å². The van der Waals surface area contributed by atoms with Crippen molar-refractivity contribution in [1.29, 1.82) is 0 Å². The van der Waals surface area contributed by atoms with Crippen molar-refractivity contribution >= 4 is 23.5 Å². The number of nitrogens with one attached hydrogen (secondary N) is 3. The molecule has 0 saturated heterocycles. The summed E-state index contributed by atoms with van der Waals surface area (Å²) >= 11 is 0. The molecule has 1 aromatic rings. The number of rotatable bonds is 6. The minimum Gasteiger partial charge on any atom is -0.338 e. The second-order valence-electron chi connectivity index (χ2n) is 5.17. The lowest BCUT2D eigenvalue weighted by atomic mass is 10.1. The van der Waals surface area contributed by atoms with Crippen LogP contribution in [0.4, 0.5) is 23.7 Å². The number of carbonyl (C=O) groups is 3. The molecular weight excluding hydrogens is 341 g/mol. The smallest absolute Gasteiger partial charge is 0.338 e. The zero-order valence-electron chi connectivity index (χ0n) is 13.7. The third-order valence-corrected chi connectivity index (χ3v) is 2.92. The van der Waals surface area contributed by atoms with Crippen molar-refractivity contribution < 1.29 is 27.6 Å². The Morgan fingerprint density at radius 3 is 2.28 bits per heavy atom. The Bertz CT molecular complexity index is 635. The van der Waals surface area contributed by atoms with Crippen LogP contribution in [0.25, 0.3) is 0 Å². The third-order valence-electron chi connectivity index (χ3n) is 2.92. The molecule has 4 amide bonds. The number of nitrogens with zero attached hydrogens (tertiary/aromatic N) is 1. The fourth-order valence-corrected chi connectivity index (χ4v) is 1.95. The van der Waals surface area contributed by atoms with Crippen LogP contribution in [-0.4, -0.2) is 49.4 Å². The highest BCUT2D eigenvalue weighted by molar-refractivity contribution is 5.96. The minimum atomic E-state index is -4.59. The molecule has 0 radical (unpaired) electrons. The summed E-state index contributed by atoms with van der Waals surface area (Å²) in [5.41, 5.74) is -1.32. The van der Waals surface area contributed by atoms with Gasteiger partial charge in [-0.15, -0.1) is 0 Å². The number of para-hydroxylation sites is 1. The Labute approximate surface area is 142 Å². The molecule has 0 aromatic heterocycles. The fourth-order valence-electron chi connectivity index (χ4n) is 1.95. The van der Waals surface area contributed by atoms with Crippen molar-refractivity contribution in [2.45, 2.75) is 13.1 Å². The minimum absolute atomic E-state index is 0.272. The fraction of sp³-hybridized carbons (Fsp3) is 0.400. The van der Waals surface area contributed by atoms with E-state index in [0.717, 1.165) is 12.1 Å². The van der Waals surface area contributed by atoms with E-state index in [4.69, 9.17) is 0 Å². The Morgan fingerprint density at radius 1 is 1.08 bits per heavy atom. The Hall–Kier alpha value is -2.62. The standard InChI is InChI=1S/C15H19F3N4O3/c1-3-19-14(25)21-13(24)9-22(2)8-12(23)20-11-7-5-4-6-10(11)15(16,17)18/h4-7H,3,8-9H2,1-2H3,(H,20,23)(H2,19,21,24,25). The quantitative estimate of drug-likeness (QED) is 0.716. The molecule has 1 rings (SSSR count). The summed E-state index contributed by atoms with van der Waals surface area (Å²) in [4.78, 5) is 35.9. The topological polar surface area (TPSA) is 90.5 Å². The van der Waals surface area contributed by atoms with Crippen LogP contribution in [0, 0.1) is 0 Å². The molecule has 0 aliphatic rings. The van der Waals surface area contributed by atoms with E-state index >= 15 is 0 Å². The summed E-state index contributed by atoms with van der Waals surface area (Å²) in [6, 6.07) is 3.93. The van der Waals surface area contributed by atoms with E-state index < -0.39 is 29.6 Å². The molecular formula is C15H19F3N4O3. The molecule has 0 saturated carbocycles. The first kappa shape index (κ1) is 20.4. The van der Waals surface area contributed by atoms with Crippen molar-refractivity contribution in [2.24, 2.45) is 0 Å². The summed E-state index contributed by atoms with van der Waals surface area (Å²) in [5, 5.41) is 6.59. The molecule has 10 heteroatoms.